The first kappa shape index (κ1) is 26.5. The summed E-state index contributed by atoms with van der Waals surface area (Å²) in [5.41, 5.74) is 1.21. The molecule has 3 rings (SSSR count). The van der Waals surface area contributed by atoms with Crippen LogP contribution in [0.2, 0.25) is 10.0 Å². The maximum Gasteiger partial charge on any atom is 0.268 e. The molecular formula is C24H24Cl2N2O6S. The van der Waals surface area contributed by atoms with E-state index in [4.69, 9.17) is 37.4 Å². The van der Waals surface area contributed by atoms with Crippen molar-refractivity contribution in [3.05, 3.63) is 70.2 Å². The van der Waals surface area contributed by atoms with Gasteiger partial charge >= 0.3 is 0 Å². The van der Waals surface area contributed by atoms with Crippen LogP contribution in [0.5, 0.6) is 17.2 Å². The molecule has 0 aliphatic rings. The number of halogens is 2. The first-order chi connectivity index (χ1) is 16.6. The lowest BCUT2D eigenvalue weighted by Crippen LogP contribution is -2.38. The number of sulfonamides is 1. The molecule has 0 aliphatic heterocycles. The molecule has 0 saturated heterocycles. The van der Waals surface area contributed by atoms with Crippen molar-refractivity contribution in [3.8, 4) is 17.2 Å². The fourth-order valence-corrected chi connectivity index (χ4v) is 5.51. The zero-order chi connectivity index (χ0) is 25.8. The van der Waals surface area contributed by atoms with Crippen molar-refractivity contribution < 1.29 is 27.4 Å². The molecule has 186 valence electrons. The third kappa shape index (κ3) is 6.11. The highest BCUT2D eigenvalue weighted by Crippen LogP contribution is 2.34. The lowest BCUT2D eigenvalue weighted by Gasteiger charge is -2.25. The number of aryl methyl sites for hydroxylation is 1. The number of methoxy groups -OCH3 is 3. The normalized spacial score (nSPS) is 11.0. The van der Waals surface area contributed by atoms with Crippen LogP contribution in [-0.4, -0.2) is 42.2 Å². The fraction of sp³-hybridized carbons (Fsp3) is 0.208. The summed E-state index contributed by atoms with van der Waals surface area (Å²) in [4.78, 5) is 12.9. The van der Waals surface area contributed by atoms with Gasteiger partial charge in [0.25, 0.3) is 10.0 Å². The van der Waals surface area contributed by atoms with E-state index in [-0.39, 0.29) is 26.4 Å². The summed E-state index contributed by atoms with van der Waals surface area (Å²) in [5, 5.41) is 3.11. The van der Waals surface area contributed by atoms with Crippen molar-refractivity contribution in [2.45, 2.75) is 11.8 Å². The number of ether oxygens (including phenoxy) is 3. The van der Waals surface area contributed by atoms with Crippen molar-refractivity contribution >= 4 is 50.5 Å². The van der Waals surface area contributed by atoms with Gasteiger partial charge in [0.1, 0.15) is 17.2 Å². The van der Waals surface area contributed by atoms with E-state index in [1.165, 1.54) is 45.6 Å². The van der Waals surface area contributed by atoms with Crippen LogP contribution in [0.15, 0.2) is 59.5 Å². The fourth-order valence-electron chi connectivity index (χ4n) is 3.35. The van der Waals surface area contributed by atoms with Crippen molar-refractivity contribution in [3.63, 3.8) is 0 Å². The Morgan fingerprint density at radius 1 is 0.857 bits per heavy atom. The van der Waals surface area contributed by atoms with Crippen molar-refractivity contribution in [1.29, 1.82) is 0 Å². The van der Waals surface area contributed by atoms with E-state index >= 15 is 0 Å². The summed E-state index contributed by atoms with van der Waals surface area (Å²) in [7, 11) is 0.0536. The topological polar surface area (TPSA) is 94.2 Å². The van der Waals surface area contributed by atoms with E-state index in [1.807, 2.05) is 0 Å². The highest BCUT2D eigenvalue weighted by Gasteiger charge is 2.31. The highest BCUT2D eigenvalue weighted by molar-refractivity contribution is 7.93. The van der Waals surface area contributed by atoms with E-state index < -0.39 is 22.5 Å². The second-order valence-corrected chi connectivity index (χ2v) is 10.1. The molecule has 0 aliphatic carbocycles. The standard InChI is InChI=1S/C24H24Cl2N2O6S/c1-15-5-7-21(33-3)23(9-15)35(30,31)28(19-11-16(25)10-17(26)12-19)14-24(29)27-18-6-8-20(32-2)22(13-18)34-4/h5-13H,14H2,1-4H3,(H,27,29). The molecule has 1 amide bonds. The number of amides is 1. The van der Waals surface area contributed by atoms with Gasteiger partial charge in [-0.2, -0.15) is 0 Å². The minimum Gasteiger partial charge on any atom is -0.495 e. The molecule has 0 heterocycles. The van der Waals surface area contributed by atoms with E-state index in [0.29, 0.717) is 22.7 Å². The Kier molecular flexibility index (Phi) is 8.37. The largest absolute Gasteiger partial charge is 0.495 e. The van der Waals surface area contributed by atoms with Gasteiger partial charge in [-0.25, -0.2) is 8.42 Å². The van der Waals surface area contributed by atoms with Gasteiger partial charge in [0, 0.05) is 21.8 Å². The van der Waals surface area contributed by atoms with Gasteiger partial charge in [-0.15, -0.1) is 0 Å². The van der Waals surface area contributed by atoms with Gasteiger partial charge in [0.15, 0.2) is 11.5 Å². The second kappa shape index (κ2) is 11.1. The van der Waals surface area contributed by atoms with Crippen molar-refractivity contribution in [2.24, 2.45) is 0 Å². The smallest absolute Gasteiger partial charge is 0.268 e. The quantitative estimate of drug-likeness (QED) is 0.404. The number of rotatable bonds is 9. The number of nitrogens with one attached hydrogen (secondary N) is 1. The second-order valence-electron chi connectivity index (χ2n) is 7.41. The first-order valence-corrected chi connectivity index (χ1v) is 12.4. The van der Waals surface area contributed by atoms with E-state index in [1.54, 1.807) is 37.3 Å². The average molecular weight is 539 g/mol. The molecule has 0 spiro atoms. The first-order valence-electron chi connectivity index (χ1n) is 10.2. The SMILES string of the molecule is COc1ccc(NC(=O)CN(c2cc(Cl)cc(Cl)c2)S(=O)(=O)c2cc(C)ccc2OC)cc1OC. The molecule has 1 N–H and O–H groups in total. The predicted molar refractivity (Wildman–Crippen MR) is 137 cm³/mol. The zero-order valence-corrected chi connectivity index (χ0v) is 21.8. The van der Waals surface area contributed by atoms with Gasteiger partial charge in [0.05, 0.1) is 27.0 Å². The van der Waals surface area contributed by atoms with Crippen molar-refractivity contribution in [2.75, 3.05) is 37.5 Å². The molecule has 0 saturated carbocycles. The van der Waals surface area contributed by atoms with Gasteiger partial charge in [0.2, 0.25) is 5.91 Å². The minimum atomic E-state index is -4.28. The number of hydrogen-bond acceptors (Lipinski definition) is 6. The van der Waals surface area contributed by atoms with Gasteiger partial charge < -0.3 is 19.5 Å². The molecule has 3 aromatic carbocycles. The predicted octanol–water partition coefficient (Wildman–Crippen LogP) is 5.16. The van der Waals surface area contributed by atoms with Crippen LogP contribution in [0.1, 0.15) is 5.56 Å². The molecule has 0 aromatic heterocycles. The summed E-state index contributed by atoms with van der Waals surface area (Å²) in [6, 6.07) is 13.8. The van der Waals surface area contributed by atoms with Gasteiger partial charge in [-0.3, -0.25) is 9.10 Å². The molecule has 3 aromatic rings. The summed E-state index contributed by atoms with van der Waals surface area (Å²) >= 11 is 12.3. The maximum absolute atomic E-state index is 13.8. The minimum absolute atomic E-state index is 0.102. The Hall–Kier alpha value is -3.14. The molecule has 35 heavy (non-hydrogen) atoms. The number of hydrogen-bond donors (Lipinski definition) is 1. The van der Waals surface area contributed by atoms with Crippen LogP contribution in [0.3, 0.4) is 0 Å². The van der Waals surface area contributed by atoms with Gasteiger partial charge in [-0.05, 0) is 55.0 Å². The van der Waals surface area contributed by atoms with Gasteiger partial charge in [-0.1, -0.05) is 29.3 Å². The number of carbonyl (C=O) groups excluding carboxylic acids is 1. The molecule has 0 radical (unpaired) electrons. The van der Waals surface area contributed by atoms with Crippen LogP contribution in [0.25, 0.3) is 0 Å². The van der Waals surface area contributed by atoms with Crippen LogP contribution in [-0.2, 0) is 14.8 Å². The number of anilines is 2. The van der Waals surface area contributed by atoms with E-state index in [0.717, 1.165) is 4.31 Å². The number of nitrogens with zero attached hydrogens (tertiary/aromatic N) is 1. The summed E-state index contributed by atoms with van der Waals surface area (Å²) < 4.78 is 44.3. The Morgan fingerprint density at radius 2 is 1.46 bits per heavy atom. The molecular weight excluding hydrogens is 515 g/mol. The summed E-state index contributed by atoms with van der Waals surface area (Å²) in [5.74, 6) is 0.410. The number of carbonyl (C=O) groups is 1. The molecule has 8 nitrogen and oxygen atoms in total. The Bertz CT molecular complexity index is 1330. The summed E-state index contributed by atoms with van der Waals surface area (Å²) in [6.45, 7) is 1.19. The van der Waals surface area contributed by atoms with Crippen LogP contribution in [0, 0.1) is 6.92 Å². The zero-order valence-electron chi connectivity index (χ0n) is 19.5. The molecule has 0 fully saturated rings. The lowest BCUT2D eigenvalue weighted by molar-refractivity contribution is -0.114. The Balaban J connectivity index is 2.03. The molecule has 0 bridgehead atoms. The van der Waals surface area contributed by atoms with Crippen LogP contribution >= 0.6 is 23.2 Å². The monoisotopic (exact) mass is 538 g/mol. The Labute approximate surface area is 214 Å². The van der Waals surface area contributed by atoms with Crippen LogP contribution < -0.4 is 23.8 Å². The molecule has 11 heteroatoms. The van der Waals surface area contributed by atoms with Crippen molar-refractivity contribution in [1.82, 2.24) is 0 Å². The van der Waals surface area contributed by atoms with E-state index in [9.17, 15) is 13.2 Å². The maximum atomic E-state index is 13.8. The third-order valence-electron chi connectivity index (χ3n) is 4.98. The number of benzene rings is 3. The average Bonchev–Trinajstić information content (AvgIpc) is 2.81. The Morgan fingerprint density at radius 3 is 2.06 bits per heavy atom. The van der Waals surface area contributed by atoms with Crippen LogP contribution in [0.4, 0.5) is 11.4 Å². The molecule has 0 unspecified atom stereocenters. The highest BCUT2D eigenvalue weighted by atomic mass is 35.5. The third-order valence-corrected chi connectivity index (χ3v) is 7.21. The van der Waals surface area contributed by atoms with E-state index in [2.05, 4.69) is 5.32 Å². The molecule has 0 atom stereocenters. The lowest BCUT2D eigenvalue weighted by atomic mass is 10.2. The summed E-state index contributed by atoms with van der Waals surface area (Å²) in [6.07, 6.45) is 0.